The Bertz CT molecular complexity index is 254. The summed E-state index contributed by atoms with van der Waals surface area (Å²) < 4.78 is -0.108. The van der Waals surface area contributed by atoms with Crippen molar-refractivity contribution in [1.82, 2.24) is 0 Å². The number of hydrogen-bond acceptors (Lipinski definition) is 2. The van der Waals surface area contributed by atoms with Gasteiger partial charge in [0.05, 0.1) is 0 Å². The van der Waals surface area contributed by atoms with E-state index >= 15 is 0 Å². The average Bonchev–Trinajstić information content (AvgIpc) is 2.06. The minimum atomic E-state index is -0.108. The molecule has 0 unspecified atom stereocenters. The third kappa shape index (κ3) is 2.11. The fraction of sp³-hybridized carbons (Fsp3) is 0.300. The van der Waals surface area contributed by atoms with Gasteiger partial charge in [0.2, 0.25) is 0 Å². The predicted molar refractivity (Wildman–Crippen MR) is 53.8 cm³/mol. The van der Waals surface area contributed by atoms with E-state index < -0.39 is 0 Å². The van der Waals surface area contributed by atoms with Crippen molar-refractivity contribution in [2.45, 2.75) is 18.6 Å². The number of hydrogen-bond donors (Lipinski definition) is 0. The second-order valence-electron chi connectivity index (χ2n) is 3.09. The molecule has 1 aromatic carbocycles. The van der Waals surface area contributed by atoms with E-state index in [1.807, 2.05) is 44.2 Å². The highest BCUT2D eigenvalue weighted by Gasteiger charge is 2.19. The lowest BCUT2D eigenvalue weighted by Gasteiger charge is -2.20. The molecule has 0 aromatic heterocycles. The third-order valence-corrected chi connectivity index (χ3v) is 2.73. The van der Waals surface area contributed by atoms with Crippen LogP contribution < -0.4 is 0 Å². The van der Waals surface area contributed by atoms with Crippen LogP contribution in [0.2, 0.25) is 0 Å². The Morgan fingerprint density at radius 2 is 1.83 bits per heavy atom. The molecule has 0 amide bonds. The maximum atomic E-state index is 10.4. The molecule has 12 heavy (non-hydrogen) atoms. The van der Waals surface area contributed by atoms with Crippen LogP contribution in [0.4, 0.5) is 0 Å². The Kier molecular flexibility index (Phi) is 2.93. The van der Waals surface area contributed by atoms with Crippen LogP contribution in [0.1, 0.15) is 19.4 Å². The molecule has 2 heteroatoms. The molecule has 1 aromatic rings. The molecular weight excluding hydrogens is 168 g/mol. The molecule has 64 valence electrons. The molecule has 1 nitrogen and oxygen atoms in total. The van der Waals surface area contributed by atoms with Gasteiger partial charge in [0, 0.05) is 4.75 Å². The number of thioether (sulfide) groups is 1. The quantitative estimate of drug-likeness (QED) is 0.665. The number of benzene rings is 1. The Hall–Kier alpha value is -0.760. The van der Waals surface area contributed by atoms with Crippen molar-refractivity contribution in [1.29, 1.82) is 0 Å². The lowest BCUT2D eigenvalue weighted by molar-refractivity contribution is 0.569. The summed E-state index contributed by atoms with van der Waals surface area (Å²) in [5, 5.41) is 0. The standard InChI is InChI=1S/C10H12OS/c1-10(2,12-8-11)9-6-4-3-5-7-9/h3-8H,1-2H3. The molecule has 0 bridgehead atoms. The maximum absolute atomic E-state index is 10.4. The van der Waals surface area contributed by atoms with Crippen molar-refractivity contribution in [2.75, 3.05) is 0 Å². The van der Waals surface area contributed by atoms with Crippen molar-refractivity contribution in [3.63, 3.8) is 0 Å². The summed E-state index contributed by atoms with van der Waals surface area (Å²) in [6.07, 6.45) is 0. The molecule has 0 fully saturated rings. The monoisotopic (exact) mass is 180 g/mol. The van der Waals surface area contributed by atoms with Crippen molar-refractivity contribution < 1.29 is 4.79 Å². The van der Waals surface area contributed by atoms with E-state index in [1.165, 1.54) is 17.3 Å². The molecule has 0 radical (unpaired) electrons. The highest BCUT2D eigenvalue weighted by atomic mass is 32.2. The summed E-state index contributed by atoms with van der Waals surface area (Å²) in [6.45, 7) is 4.09. The van der Waals surface area contributed by atoms with Crippen LogP contribution in [-0.2, 0) is 9.54 Å². The summed E-state index contributed by atoms with van der Waals surface area (Å²) in [5.41, 5.74) is 2.08. The zero-order chi connectivity index (χ0) is 9.03. The van der Waals surface area contributed by atoms with Gasteiger partial charge in [-0.2, -0.15) is 0 Å². The van der Waals surface area contributed by atoms with Crippen LogP contribution in [0.3, 0.4) is 0 Å². The molecular formula is C10H12OS. The van der Waals surface area contributed by atoms with E-state index in [0.29, 0.717) is 0 Å². The van der Waals surface area contributed by atoms with E-state index in [2.05, 4.69) is 0 Å². The molecule has 0 aliphatic rings. The lowest BCUT2D eigenvalue weighted by atomic mass is 10.0. The van der Waals surface area contributed by atoms with Crippen LogP contribution in [-0.4, -0.2) is 5.62 Å². The first-order chi connectivity index (χ1) is 5.67. The normalized spacial score (nSPS) is 11.2. The zero-order valence-electron chi connectivity index (χ0n) is 7.28. The Morgan fingerprint density at radius 3 is 2.33 bits per heavy atom. The van der Waals surface area contributed by atoms with Gasteiger partial charge < -0.3 is 0 Å². The largest absolute Gasteiger partial charge is 0.291 e. The summed E-state index contributed by atoms with van der Waals surface area (Å²) in [5.74, 6) is 0. The molecule has 0 spiro atoms. The van der Waals surface area contributed by atoms with Gasteiger partial charge >= 0.3 is 0 Å². The molecule has 0 atom stereocenters. The third-order valence-electron chi connectivity index (χ3n) is 1.81. The van der Waals surface area contributed by atoms with E-state index in [9.17, 15) is 4.79 Å². The smallest absolute Gasteiger partial charge is 0.177 e. The van der Waals surface area contributed by atoms with Gasteiger partial charge in [-0.25, -0.2) is 0 Å². The van der Waals surface area contributed by atoms with Gasteiger partial charge in [-0.15, -0.1) is 0 Å². The van der Waals surface area contributed by atoms with E-state index in [1.54, 1.807) is 0 Å². The van der Waals surface area contributed by atoms with Gasteiger partial charge in [0.25, 0.3) is 0 Å². The molecule has 0 heterocycles. The first kappa shape index (κ1) is 9.33. The van der Waals surface area contributed by atoms with Crippen LogP contribution in [0.25, 0.3) is 0 Å². The lowest BCUT2D eigenvalue weighted by Crippen LogP contribution is -2.11. The molecule has 0 saturated carbocycles. The summed E-state index contributed by atoms with van der Waals surface area (Å²) >= 11 is 1.31. The highest BCUT2D eigenvalue weighted by Crippen LogP contribution is 2.33. The fourth-order valence-corrected chi connectivity index (χ4v) is 1.54. The van der Waals surface area contributed by atoms with Crippen molar-refractivity contribution in [3.8, 4) is 0 Å². The topological polar surface area (TPSA) is 17.1 Å². The van der Waals surface area contributed by atoms with E-state index in [0.717, 1.165) is 5.62 Å². The fourth-order valence-electron chi connectivity index (χ4n) is 1.03. The van der Waals surface area contributed by atoms with Crippen LogP contribution >= 0.6 is 11.8 Å². The van der Waals surface area contributed by atoms with Crippen molar-refractivity contribution in [2.24, 2.45) is 0 Å². The van der Waals surface area contributed by atoms with Crippen LogP contribution in [0.15, 0.2) is 30.3 Å². The number of carbonyl (C=O) groups is 1. The second-order valence-corrected chi connectivity index (χ2v) is 4.54. The Morgan fingerprint density at radius 1 is 1.25 bits per heavy atom. The van der Waals surface area contributed by atoms with Crippen molar-refractivity contribution in [3.05, 3.63) is 35.9 Å². The number of carbonyl (C=O) groups excluding carboxylic acids is 1. The second kappa shape index (κ2) is 3.76. The molecule has 0 aliphatic carbocycles. The van der Waals surface area contributed by atoms with E-state index in [-0.39, 0.29) is 4.75 Å². The molecule has 1 rings (SSSR count). The Labute approximate surface area is 77.2 Å². The minimum Gasteiger partial charge on any atom is -0.291 e. The van der Waals surface area contributed by atoms with Gasteiger partial charge in [-0.3, -0.25) is 4.79 Å². The molecule has 0 N–H and O–H groups in total. The van der Waals surface area contributed by atoms with Crippen LogP contribution in [0, 0.1) is 0 Å². The number of rotatable bonds is 3. The van der Waals surface area contributed by atoms with E-state index in [4.69, 9.17) is 0 Å². The summed E-state index contributed by atoms with van der Waals surface area (Å²) in [4.78, 5) is 10.4. The molecule has 0 aliphatic heterocycles. The average molecular weight is 180 g/mol. The first-order valence-electron chi connectivity index (χ1n) is 3.84. The van der Waals surface area contributed by atoms with Gasteiger partial charge in [0.15, 0.2) is 5.62 Å². The SMILES string of the molecule is CC(C)(SC=O)c1ccccc1. The van der Waals surface area contributed by atoms with Crippen molar-refractivity contribution >= 4 is 17.4 Å². The summed E-state index contributed by atoms with van der Waals surface area (Å²) in [7, 11) is 0. The molecule has 0 saturated heterocycles. The predicted octanol–water partition coefficient (Wildman–Crippen LogP) is 2.85. The Balaban J connectivity index is 2.89. The first-order valence-corrected chi connectivity index (χ1v) is 4.72. The highest BCUT2D eigenvalue weighted by molar-refractivity contribution is 8.12. The zero-order valence-corrected chi connectivity index (χ0v) is 8.10. The minimum absolute atomic E-state index is 0.108. The van der Waals surface area contributed by atoms with Gasteiger partial charge in [-0.05, 0) is 19.4 Å². The van der Waals surface area contributed by atoms with Crippen LogP contribution in [0.5, 0.6) is 0 Å². The summed E-state index contributed by atoms with van der Waals surface area (Å²) in [6, 6.07) is 10.0. The maximum Gasteiger partial charge on any atom is 0.177 e. The van der Waals surface area contributed by atoms with Gasteiger partial charge in [-0.1, -0.05) is 42.1 Å². The van der Waals surface area contributed by atoms with Gasteiger partial charge in [0.1, 0.15) is 0 Å².